The molecule has 3 aromatic carbocycles. The Morgan fingerprint density at radius 1 is 0.974 bits per heavy atom. The SMILES string of the molecule is O=C(NO)C1c2c([nH]n(-c3cccc(Cl)c3)c2=O)CCN1S(=O)(=O)c1ccc(Oc2cc(Cl)cc(Cl)c2)cc1. The van der Waals surface area contributed by atoms with Crippen LogP contribution < -0.4 is 15.8 Å². The van der Waals surface area contributed by atoms with E-state index in [4.69, 9.17) is 39.5 Å². The average Bonchev–Trinajstić information content (AvgIpc) is 3.24. The van der Waals surface area contributed by atoms with Crippen molar-refractivity contribution in [1.82, 2.24) is 19.6 Å². The number of halogens is 3. The molecule has 39 heavy (non-hydrogen) atoms. The smallest absolute Gasteiger partial charge is 0.276 e. The Morgan fingerprint density at radius 3 is 2.31 bits per heavy atom. The summed E-state index contributed by atoms with van der Waals surface area (Å²) in [6.07, 6.45) is 0.114. The molecule has 1 atom stereocenters. The number of nitrogens with zero attached hydrogens (tertiary/aromatic N) is 2. The number of aromatic amines is 1. The summed E-state index contributed by atoms with van der Waals surface area (Å²) < 4.78 is 35.1. The Kier molecular flexibility index (Phi) is 7.47. The van der Waals surface area contributed by atoms with Crippen molar-refractivity contribution in [3.63, 3.8) is 0 Å². The Bertz CT molecular complexity index is 1720. The van der Waals surface area contributed by atoms with Gasteiger partial charge in [0.25, 0.3) is 11.5 Å². The van der Waals surface area contributed by atoms with E-state index in [2.05, 4.69) is 5.10 Å². The molecular weight excluding hydrogens is 591 g/mol. The standard InChI is InChI=1S/C25H19Cl3N4O6S/c26-14-2-1-3-17(11-14)32-25(34)22-21(29-32)8-9-31(23(22)24(33)30-35)39(36,37)20-6-4-18(5-7-20)38-19-12-15(27)10-16(28)13-19/h1-7,10-13,23,29,35H,8-9H2,(H,30,33). The van der Waals surface area contributed by atoms with Crippen LogP contribution in [0.4, 0.5) is 0 Å². The summed E-state index contributed by atoms with van der Waals surface area (Å²) in [5.74, 6) is -0.408. The minimum absolute atomic E-state index is 0.103. The van der Waals surface area contributed by atoms with E-state index in [9.17, 15) is 23.2 Å². The van der Waals surface area contributed by atoms with Gasteiger partial charge in [-0.25, -0.2) is 18.6 Å². The molecule has 1 aliphatic rings. The molecule has 0 saturated heterocycles. The number of fused-ring (bicyclic) bond motifs is 1. The van der Waals surface area contributed by atoms with E-state index in [0.717, 1.165) is 4.31 Å². The fourth-order valence-electron chi connectivity index (χ4n) is 4.38. The third-order valence-corrected chi connectivity index (χ3v) is 8.63. The quantitative estimate of drug-likeness (QED) is 0.214. The van der Waals surface area contributed by atoms with Gasteiger partial charge in [0.2, 0.25) is 10.0 Å². The molecule has 1 aromatic heterocycles. The molecule has 3 N–H and O–H groups in total. The molecule has 0 bridgehead atoms. The number of hydroxylamine groups is 1. The van der Waals surface area contributed by atoms with E-state index >= 15 is 0 Å². The average molecular weight is 610 g/mol. The maximum Gasteiger partial charge on any atom is 0.276 e. The minimum Gasteiger partial charge on any atom is -0.457 e. The van der Waals surface area contributed by atoms with Gasteiger partial charge in [0.05, 0.1) is 16.1 Å². The number of aromatic nitrogens is 2. The molecule has 2 heterocycles. The van der Waals surface area contributed by atoms with Crippen molar-refractivity contribution in [2.45, 2.75) is 17.4 Å². The highest BCUT2D eigenvalue weighted by Gasteiger charge is 2.43. The lowest BCUT2D eigenvalue weighted by Gasteiger charge is -2.32. The fraction of sp³-hybridized carbons (Fsp3) is 0.120. The Labute approximate surface area is 237 Å². The number of rotatable bonds is 6. The molecule has 14 heteroatoms. The van der Waals surface area contributed by atoms with Gasteiger partial charge in [-0.05, 0) is 60.7 Å². The number of benzene rings is 3. The number of hydrogen-bond donors (Lipinski definition) is 3. The number of carbonyl (C=O) groups is 1. The second-order valence-electron chi connectivity index (χ2n) is 8.55. The summed E-state index contributed by atoms with van der Waals surface area (Å²) in [7, 11) is -4.31. The maximum atomic E-state index is 13.7. The first-order chi connectivity index (χ1) is 18.6. The first kappa shape index (κ1) is 27.3. The van der Waals surface area contributed by atoms with Gasteiger partial charge in [-0.1, -0.05) is 40.9 Å². The van der Waals surface area contributed by atoms with Crippen molar-refractivity contribution in [3.05, 3.63) is 103 Å². The van der Waals surface area contributed by atoms with Gasteiger partial charge in [-0.2, -0.15) is 4.31 Å². The number of carbonyl (C=O) groups excluding carboxylic acids is 1. The van der Waals surface area contributed by atoms with Crippen LogP contribution in [-0.2, 0) is 21.2 Å². The van der Waals surface area contributed by atoms with E-state index in [1.54, 1.807) is 42.5 Å². The van der Waals surface area contributed by atoms with Crippen LogP contribution in [0.25, 0.3) is 5.69 Å². The van der Waals surface area contributed by atoms with Crippen molar-refractivity contribution < 1.29 is 23.2 Å². The van der Waals surface area contributed by atoms with Crippen LogP contribution in [0.15, 0.2) is 76.4 Å². The summed E-state index contributed by atoms with van der Waals surface area (Å²) in [6.45, 7) is -0.137. The monoisotopic (exact) mass is 608 g/mol. The molecule has 0 aliphatic carbocycles. The second kappa shape index (κ2) is 10.7. The molecule has 202 valence electrons. The van der Waals surface area contributed by atoms with Crippen molar-refractivity contribution in [1.29, 1.82) is 0 Å². The zero-order valence-electron chi connectivity index (χ0n) is 19.8. The zero-order chi connectivity index (χ0) is 27.9. The molecule has 1 amide bonds. The third kappa shape index (κ3) is 5.29. The van der Waals surface area contributed by atoms with E-state index < -0.39 is 27.5 Å². The Balaban J connectivity index is 1.49. The number of nitrogens with one attached hydrogen (secondary N) is 2. The first-order valence-corrected chi connectivity index (χ1v) is 14.0. The third-order valence-electron chi connectivity index (χ3n) is 6.08. The van der Waals surface area contributed by atoms with Crippen LogP contribution >= 0.6 is 34.8 Å². The van der Waals surface area contributed by atoms with Gasteiger partial charge in [-0.15, -0.1) is 0 Å². The highest BCUT2D eigenvalue weighted by molar-refractivity contribution is 7.89. The molecule has 0 spiro atoms. The van der Waals surface area contributed by atoms with Crippen molar-refractivity contribution in [2.24, 2.45) is 0 Å². The number of ether oxygens (including phenoxy) is 1. The lowest BCUT2D eigenvalue weighted by Crippen LogP contribution is -2.48. The van der Waals surface area contributed by atoms with Gasteiger partial charge in [0.15, 0.2) is 0 Å². The molecule has 0 fully saturated rings. The van der Waals surface area contributed by atoms with Crippen molar-refractivity contribution in [2.75, 3.05) is 6.54 Å². The van der Waals surface area contributed by atoms with Gasteiger partial charge < -0.3 is 4.74 Å². The van der Waals surface area contributed by atoms with Gasteiger partial charge in [0.1, 0.15) is 17.5 Å². The summed E-state index contributed by atoms with van der Waals surface area (Å²) in [5.41, 5.74) is 1.50. The van der Waals surface area contributed by atoms with Crippen LogP contribution in [-0.4, -0.2) is 40.2 Å². The second-order valence-corrected chi connectivity index (χ2v) is 11.7. The van der Waals surface area contributed by atoms with E-state index in [1.807, 2.05) is 0 Å². The fourth-order valence-corrected chi connectivity index (χ4v) is 6.63. The Hall–Kier alpha value is -3.32. The molecule has 0 radical (unpaired) electrons. The van der Waals surface area contributed by atoms with Crippen molar-refractivity contribution in [3.8, 4) is 17.2 Å². The highest BCUT2D eigenvalue weighted by atomic mass is 35.5. The topological polar surface area (TPSA) is 134 Å². The van der Waals surface area contributed by atoms with E-state index in [1.165, 1.54) is 34.4 Å². The highest BCUT2D eigenvalue weighted by Crippen LogP contribution is 2.34. The molecule has 10 nitrogen and oxygen atoms in total. The molecule has 1 unspecified atom stereocenters. The summed E-state index contributed by atoms with van der Waals surface area (Å²) in [6, 6.07) is 14.9. The first-order valence-electron chi connectivity index (χ1n) is 11.4. The largest absolute Gasteiger partial charge is 0.457 e. The van der Waals surface area contributed by atoms with E-state index in [0.29, 0.717) is 37.9 Å². The Morgan fingerprint density at radius 2 is 1.67 bits per heavy atom. The number of H-pyrrole nitrogens is 1. The molecule has 1 aliphatic heterocycles. The minimum atomic E-state index is -4.31. The molecule has 5 rings (SSSR count). The van der Waals surface area contributed by atoms with Crippen LogP contribution in [0.3, 0.4) is 0 Å². The van der Waals surface area contributed by atoms with Crippen LogP contribution in [0, 0.1) is 0 Å². The zero-order valence-corrected chi connectivity index (χ0v) is 22.9. The number of hydrogen-bond acceptors (Lipinski definition) is 6. The molecule has 4 aromatic rings. The van der Waals surface area contributed by atoms with Crippen LogP contribution in [0.5, 0.6) is 11.5 Å². The number of amides is 1. The maximum absolute atomic E-state index is 13.7. The lowest BCUT2D eigenvalue weighted by molar-refractivity contribution is -0.133. The van der Waals surface area contributed by atoms with E-state index in [-0.39, 0.29) is 23.4 Å². The van der Waals surface area contributed by atoms with Crippen LogP contribution in [0.1, 0.15) is 17.3 Å². The van der Waals surface area contributed by atoms with Gasteiger partial charge in [-0.3, -0.25) is 19.9 Å². The van der Waals surface area contributed by atoms with Gasteiger partial charge >= 0.3 is 0 Å². The summed E-state index contributed by atoms with van der Waals surface area (Å²) in [4.78, 5) is 26.0. The molecular formula is C25H19Cl3N4O6S. The predicted molar refractivity (Wildman–Crippen MR) is 145 cm³/mol. The van der Waals surface area contributed by atoms with Crippen LogP contribution in [0.2, 0.25) is 15.1 Å². The lowest BCUT2D eigenvalue weighted by atomic mass is 10.0. The molecule has 0 saturated carbocycles. The normalized spacial score (nSPS) is 15.5. The van der Waals surface area contributed by atoms with Gasteiger partial charge in [0, 0.05) is 33.7 Å². The number of sulfonamides is 1. The predicted octanol–water partition coefficient (Wildman–Crippen LogP) is 4.71. The summed E-state index contributed by atoms with van der Waals surface area (Å²) in [5, 5.41) is 13.5. The summed E-state index contributed by atoms with van der Waals surface area (Å²) >= 11 is 18.1. The van der Waals surface area contributed by atoms with Crippen molar-refractivity contribution >= 4 is 50.7 Å².